The Balaban J connectivity index is 3.98. The van der Waals surface area contributed by atoms with Crippen molar-refractivity contribution in [2.24, 2.45) is 0 Å². The second-order valence-corrected chi connectivity index (χ2v) is 24.4. The quantitative estimate of drug-likeness (QED) is 0.302. The second-order valence-electron chi connectivity index (χ2n) is 10.2. The molecular formula is C24H60N6Si6+6. The number of quaternary nitrogens is 6. The number of rotatable bonds is 12. The van der Waals surface area contributed by atoms with Crippen LogP contribution in [-0.2, 0) is 0 Å². The molecule has 12 heteroatoms. The van der Waals surface area contributed by atoms with E-state index >= 15 is 0 Å². The zero-order valence-electron chi connectivity index (χ0n) is 26.2. The lowest BCUT2D eigenvalue weighted by Gasteiger charge is -2.50. The molecule has 1 rings (SSSR count). The molecule has 0 aromatic heterocycles. The normalized spacial score (nSPS) is 25.0. The molecule has 0 amide bonds. The zero-order chi connectivity index (χ0) is 27.7. The molecule has 1 aliphatic heterocycles. The van der Waals surface area contributed by atoms with Crippen LogP contribution in [0.1, 0.15) is 83.1 Å². The van der Waals surface area contributed by atoms with Gasteiger partial charge in [0.25, 0.3) is 0 Å². The van der Waals surface area contributed by atoms with Crippen molar-refractivity contribution in [3.63, 3.8) is 0 Å². The Morgan fingerprint density at radius 3 is 0.361 bits per heavy atom. The van der Waals surface area contributed by atoms with E-state index in [1.54, 1.807) is 0 Å². The Labute approximate surface area is 242 Å². The highest BCUT2D eigenvalue weighted by Crippen LogP contribution is 2.25. The van der Waals surface area contributed by atoms with Crippen LogP contribution in [0, 0.1) is 0 Å². The van der Waals surface area contributed by atoms with E-state index in [4.69, 9.17) is 0 Å². The van der Waals surface area contributed by atoms with Crippen LogP contribution in [-0.4, -0.2) is 160 Å². The summed E-state index contributed by atoms with van der Waals surface area (Å²) in [7, 11) is 5.87. The van der Waals surface area contributed by atoms with Crippen LogP contribution in [0.4, 0.5) is 0 Å². The Kier molecular flexibility index (Phi) is 14.3. The van der Waals surface area contributed by atoms with Crippen LogP contribution in [0.5, 0.6) is 0 Å². The van der Waals surface area contributed by atoms with Crippen LogP contribution < -0.4 is 0 Å². The van der Waals surface area contributed by atoms with Crippen molar-refractivity contribution in [3.05, 3.63) is 0 Å². The molecule has 0 aliphatic carbocycles. The maximum atomic E-state index is 2.50. The topological polar surface area (TPSA) is 0 Å². The van der Waals surface area contributed by atoms with E-state index in [0.717, 1.165) is 59.1 Å². The van der Waals surface area contributed by atoms with Gasteiger partial charge in [-0.3, -0.25) is 0 Å². The Morgan fingerprint density at radius 2 is 0.306 bits per heavy atom. The summed E-state index contributed by atoms with van der Waals surface area (Å²) in [5, 5.41) is 0. The van der Waals surface area contributed by atoms with E-state index in [0.29, 0.717) is 0 Å². The Hall–Kier alpha value is 1.06. The van der Waals surface area contributed by atoms with Crippen molar-refractivity contribution in [2.45, 2.75) is 83.1 Å². The summed E-state index contributed by atoms with van der Waals surface area (Å²) >= 11 is 0. The highest BCUT2D eigenvalue weighted by molar-refractivity contribution is 6.48. The Morgan fingerprint density at radius 1 is 0.222 bits per heavy atom. The van der Waals surface area contributed by atoms with Gasteiger partial charge in [-0.05, 0) is 83.1 Å². The van der Waals surface area contributed by atoms with Gasteiger partial charge in [0.15, 0.2) is 0 Å². The van der Waals surface area contributed by atoms with Gasteiger partial charge in [0.1, 0.15) is 0 Å². The molecule has 0 aromatic rings. The molecule has 36 heavy (non-hydrogen) atoms. The molecular weight excluding hydrogens is 541 g/mol. The fourth-order valence-electron chi connectivity index (χ4n) is 5.37. The maximum Gasteiger partial charge on any atom is 0.730 e. The summed E-state index contributed by atoms with van der Waals surface area (Å²) < 4.78 is 7.99. The fraction of sp³-hybridized carbons (Fsp3) is 1.00. The molecule has 12 radical (unpaired) electrons. The lowest BCUT2D eigenvalue weighted by molar-refractivity contribution is -0.927. The summed E-state index contributed by atoms with van der Waals surface area (Å²) in [4.78, 5) is 0. The molecule has 0 atom stereocenters. The third kappa shape index (κ3) is 7.62. The van der Waals surface area contributed by atoms with Gasteiger partial charge in [-0.15, -0.1) is 0 Å². The van der Waals surface area contributed by atoms with Crippen LogP contribution in [0.15, 0.2) is 0 Å². The monoisotopic (exact) mass is 600 g/mol. The van der Waals surface area contributed by atoms with Gasteiger partial charge in [-0.1, -0.05) is 0 Å². The van der Waals surface area contributed by atoms with Gasteiger partial charge >= 0.3 is 59.1 Å². The SMILES string of the molecule is CC[N+]1(CC)[Si][N+](CC)(CC)[Si][N+](CC)(CC)[Si][N+](CC)(CC)[Si][N+](CC)(CC)[Si][N+](CC)(CC)[Si]1. The summed E-state index contributed by atoms with van der Waals surface area (Å²) in [6.45, 7) is 45.5. The van der Waals surface area contributed by atoms with Gasteiger partial charge < -0.3 is 22.9 Å². The molecule has 0 unspecified atom stereocenters. The maximum absolute atomic E-state index is 2.50. The average molecular weight is 601 g/mol. The fourth-order valence-corrected chi connectivity index (χ4v) is 22.9. The van der Waals surface area contributed by atoms with Gasteiger partial charge in [0.2, 0.25) is 0 Å². The van der Waals surface area contributed by atoms with Crippen molar-refractivity contribution in [1.82, 2.24) is 0 Å². The molecule has 1 saturated heterocycles. The first-order valence-corrected chi connectivity index (χ1v) is 20.3. The average Bonchev–Trinajstić information content (AvgIpc) is 2.94. The molecule has 1 aliphatic rings. The standard InChI is InChI=1S/C24H60N6Si6/c1-13-25(14-2)31-26(15-3,16-4)33-28(19-7,20-8)35-30(23-11,24-12)36-29(21-9,22-10)34-27(17-5,18-6)32-25/h13-24H2,1-12H3/q+6. The van der Waals surface area contributed by atoms with E-state index in [9.17, 15) is 0 Å². The van der Waals surface area contributed by atoms with Crippen LogP contribution >= 0.6 is 0 Å². The van der Waals surface area contributed by atoms with Crippen molar-refractivity contribution in [2.75, 3.05) is 78.5 Å². The summed E-state index contributed by atoms with van der Waals surface area (Å²) in [6.07, 6.45) is 0. The number of hydrogen-bond donors (Lipinski definition) is 0. The molecule has 0 N–H and O–H groups in total. The Bertz CT molecular complexity index is 467. The van der Waals surface area contributed by atoms with Crippen molar-refractivity contribution < 1.29 is 22.9 Å². The highest BCUT2D eigenvalue weighted by atomic mass is 28.4. The molecule has 0 bridgehead atoms. The van der Waals surface area contributed by atoms with E-state index < -0.39 is 0 Å². The predicted molar refractivity (Wildman–Crippen MR) is 163 cm³/mol. The lowest BCUT2D eigenvalue weighted by Crippen LogP contribution is -2.84. The van der Waals surface area contributed by atoms with Crippen molar-refractivity contribution in [3.8, 4) is 0 Å². The first-order chi connectivity index (χ1) is 17.0. The minimum Gasteiger partial charge on any atom is -0.328 e. The van der Waals surface area contributed by atoms with Crippen molar-refractivity contribution >= 4 is 59.1 Å². The van der Waals surface area contributed by atoms with Gasteiger partial charge in [-0.25, -0.2) is 0 Å². The molecule has 1 fully saturated rings. The second kappa shape index (κ2) is 14.6. The van der Waals surface area contributed by atoms with Gasteiger partial charge in [-0.2, -0.15) is 0 Å². The van der Waals surface area contributed by atoms with Crippen molar-refractivity contribution in [1.29, 1.82) is 0 Å². The smallest absolute Gasteiger partial charge is 0.328 e. The van der Waals surface area contributed by atoms with Crippen LogP contribution in [0.3, 0.4) is 0 Å². The molecule has 0 spiro atoms. The molecule has 0 aromatic carbocycles. The minimum atomic E-state index is 0.978. The summed E-state index contributed by atoms with van der Waals surface area (Å²) in [5.41, 5.74) is 0. The van der Waals surface area contributed by atoms with Crippen LogP contribution in [0.25, 0.3) is 0 Å². The lowest BCUT2D eigenvalue weighted by atomic mass is 10.6. The van der Waals surface area contributed by atoms with E-state index in [-0.39, 0.29) is 0 Å². The summed E-state index contributed by atoms with van der Waals surface area (Å²) in [5.74, 6) is 0. The zero-order valence-corrected chi connectivity index (χ0v) is 32.2. The number of hydrogen-bond acceptors (Lipinski definition) is 0. The van der Waals surface area contributed by atoms with Gasteiger partial charge in [0.05, 0.1) is 78.5 Å². The van der Waals surface area contributed by atoms with E-state index in [1.807, 2.05) is 0 Å². The highest BCUT2D eigenvalue weighted by Gasteiger charge is 2.67. The molecule has 0 saturated carbocycles. The largest absolute Gasteiger partial charge is 0.730 e. The van der Waals surface area contributed by atoms with Gasteiger partial charge in [0, 0.05) is 0 Å². The summed E-state index contributed by atoms with van der Waals surface area (Å²) in [6, 6.07) is 0. The molecule has 6 nitrogen and oxygen atoms in total. The minimum absolute atomic E-state index is 0.978. The first-order valence-electron chi connectivity index (χ1n) is 15.0. The molecule has 1 heterocycles. The predicted octanol–water partition coefficient (Wildman–Crippen LogP) is 2.34. The van der Waals surface area contributed by atoms with Crippen LogP contribution in [0.2, 0.25) is 0 Å². The first kappa shape index (κ1) is 35.1. The van der Waals surface area contributed by atoms with E-state index in [1.165, 1.54) is 101 Å². The third-order valence-electron chi connectivity index (χ3n) is 8.78. The van der Waals surface area contributed by atoms with E-state index in [2.05, 4.69) is 83.1 Å². The number of nitrogens with zero attached hydrogens (tertiary/aromatic N) is 6. The third-order valence-corrected chi connectivity index (χ3v) is 24.6. The molecule has 204 valence electrons.